The number of fused-ring (bicyclic) bond motifs is 1. The van der Waals surface area contributed by atoms with Crippen molar-refractivity contribution in [2.75, 3.05) is 18.8 Å². The Kier molecular flexibility index (Phi) is 1.84. The van der Waals surface area contributed by atoms with Crippen molar-refractivity contribution < 1.29 is 5.11 Å². The fourth-order valence-electron chi connectivity index (χ4n) is 1.64. The fraction of sp³-hybridized carbons (Fsp3) is 0.875. The number of rotatable bonds is 1. The first-order valence-electron chi connectivity index (χ1n) is 4.32. The van der Waals surface area contributed by atoms with Crippen molar-refractivity contribution >= 4 is 16.9 Å². The number of aliphatic hydroxyl groups is 1. The normalized spacial score (nSPS) is 34.3. The van der Waals surface area contributed by atoms with E-state index < -0.39 is 5.72 Å². The molecule has 0 aromatic rings. The highest BCUT2D eigenvalue weighted by atomic mass is 32.2. The SMILES string of the molecule is CC(C)C1(O)CSC2=NCCN21. The second-order valence-corrected chi connectivity index (χ2v) is 4.58. The van der Waals surface area contributed by atoms with Crippen LogP contribution in [0.15, 0.2) is 4.99 Å². The van der Waals surface area contributed by atoms with Crippen LogP contribution in [-0.2, 0) is 0 Å². The molecule has 1 atom stereocenters. The predicted molar refractivity (Wildman–Crippen MR) is 51.3 cm³/mol. The lowest BCUT2D eigenvalue weighted by atomic mass is 10.0. The molecule has 68 valence electrons. The van der Waals surface area contributed by atoms with E-state index in [-0.39, 0.29) is 5.92 Å². The summed E-state index contributed by atoms with van der Waals surface area (Å²) >= 11 is 1.67. The van der Waals surface area contributed by atoms with Crippen molar-refractivity contribution in [1.82, 2.24) is 4.90 Å². The monoisotopic (exact) mass is 186 g/mol. The van der Waals surface area contributed by atoms with E-state index in [0.29, 0.717) is 0 Å². The second kappa shape index (κ2) is 2.64. The molecule has 12 heavy (non-hydrogen) atoms. The molecule has 2 heterocycles. The topological polar surface area (TPSA) is 35.8 Å². The maximum Gasteiger partial charge on any atom is 0.161 e. The molecule has 0 aromatic heterocycles. The fourth-order valence-corrected chi connectivity index (χ4v) is 3.05. The molecule has 0 amide bonds. The molecular weight excluding hydrogens is 172 g/mol. The predicted octanol–water partition coefficient (Wildman–Crippen LogP) is 0.749. The summed E-state index contributed by atoms with van der Waals surface area (Å²) in [5, 5.41) is 11.3. The van der Waals surface area contributed by atoms with Gasteiger partial charge < -0.3 is 10.0 Å². The Labute approximate surface area is 76.9 Å². The molecule has 1 N–H and O–H groups in total. The molecule has 2 aliphatic rings. The van der Waals surface area contributed by atoms with Crippen molar-refractivity contribution in [3.8, 4) is 0 Å². The standard InChI is InChI=1S/C8H14N2OS/c1-6(2)8(11)5-12-7-9-3-4-10(7)8/h6,11H,3-5H2,1-2H3. The van der Waals surface area contributed by atoms with Crippen LogP contribution in [0.1, 0.15) is 13.8 Å². The third-order valence-electron chi connectivity index (χ3n) is 2.61. The molecule has 0 saturated carbocycles. The Bertz CT molecular complexity index is 229. The van der Waals surface area contributed by atoms with Gasteiger partial charge in [0.25, 0.3) is 0 Å². The number of amidine groups is 1. The molecule has 0 spiro atoms. The summed E-state index contributed by atoms with van der Waals surface area (Å²) in [4.78, 5) is 6.37. The van der Waals surface area contributed by atoms with Crippen LogP contribution in [0.3, 0.4) is 0 Å². The van der Waals surface area contributed by atoms with E-state index in [1.165, 1.54) is 0 Å². The summed E-state index contributed by atoms with van der Waals surface area (Å²) < 4.78 is 0. The van der Waals surface area contributed by atoms with Gasteiger partial charge in [0, 0.05) is 18.2 Å². The van der Waals surface area contributed by atoms with Crippen LogP contribution < -0.4 is 0 Å². The van der Waals surface area contributed by atoms with Crippen LogP contribution in [0.25, 0.3) is 0 Å². The molecule has 4 heteroatoms. The number of hydrogen-bond donors (Lipinski definition) is 1. The number of thioether (sulfide) groups is 1. The maximum absolute atomic E-state index is 10.3. The van der Waals surface area contributed by atoms with E-state index in [1.54, 1.807) is 11.8 Å². The molecule has 1 unspecified atom stereocenters. The minimum atomic E-state index is -0.639. The summed E-state index contributed by atoms with van der Waals surface area (Å²) in [6, 6.07) is 0. The molecule has 0 radical (unpaired) electrons. The van der Waals surface area contributed by atoms with E-state index in [0.717, 1.165) is 24.0 Å². The Balaban J connectivity index is 2.25. The van der Waals surface area contributed by atoms with Crippen molar-refractivity contribution in [3.05, 3.63) is 0 Å². The average molecular weight is 186 g/mol. The summed E-state index contributed by atoms with van der Waals surface area (Å²) in [6.45, 7) is 5.85. The van der Waals surface area contributed by atoms with Gasteiger partial charge in [-0.2, -0.15) is 0 Å². The van der Waals surface area contributed by atoms with Gasteiger partial charge in [-0.3, -0.25) is 4.99 Å². The Hall–Kier alpha value is -0.220. The number of nitrogens with zero attached hydrogens (tertiary/aromatic N) is 2. The molecule has 3 nitrogen and oxygen atoms in total. The highest BCUT2D eigenvalue weighted by Gasteiger charge is 2.46. The van der Waals surface area contributed by atoms with Crippen LogP contribution in [0.2, 0.25) is 0 Å². The van der Waals surface area contributed by atoms with Gasteiger partial charge in [0.1, 0.15) is 0 Å². The minimum Gasteiger partial charge on any atom is -0.370 e. The van der Waals surface area contributed by atoms with Crippen LogP contribution in [-0.4, -0.2) is 39.7 Å². The maximum atomic E-state index is 10.3. The summed E-state index contributed by atoms with van der Waals surface area (Å²) in [6.07, 6.45) is 0. The lowest BCUT2D eigenvalue weighted by Gasteiger charge is -2.35. The van der Waals surface area contributed by atoms with Crippen molar-refractivity contribution in [3.63, 3.8) is 0 Å². The zero-order valence-corrected chi connectivity index (χ0v) is 8.27. The van der Waals surface area contributed by atoms with Crippen LogP contribution in [0, 0.1) is 5.92 Å². The molecule has 2 aliphatic heterocycles. The lowest BCUT2D eigenvalue weighted by molar-refractivity contribution is -0.0752. The lowest BCUT2D eigenvalue weighted by Crippen LogP contribution is -2.50. The Morgan fingerprint density at radius 1 is 1.67 bits per heavy atom. The van der Waals surface area contributed by atoms with Crippen molar-refractivity contribution in [2.24, 2.45) is 10.9 Å². The van der Waals surface area contributed by atoms with Gasteiger partial charge in [-0.1, -0.05) is 25.6 Å². The smallest absolute Gasteiger partial charge is 0.161 e. The third-order valence-corrected chi connectivity index (χ3v) is 3.78. The molecule has 0 aliphatic carbocycles. The van der Waals surface area contributed by atoms with Gasteiger partial charge in [-0.25, -0.2) is 0 Å². The Morgan fingerprint density at radius 3 is 3.08 bits per heavy atom. The third kappa shape index (κ3) is 0.977. The van der Waals surface area contributed by atoms with Crippen LogP contribution in [0.5, 0.6) is 0 Å². The van der Waals surface area contributed by atoms with Gasteiger partial charge in [0.05, 0.1) is 6.54 Å². The quantitative estimate of drug-likeness (QED) is 0.656. The number of hydrogen-bond acceptors (Lipinski definition) is 4. The van der Waals surface area contributed by atoms with Gasteiger partial charge in [-0.15, -0.1) is 0 Å². The van der Waals surface area contributed by atoms with E-state index in [1.807, 2.05) is 4.90 Å². The summed E-state index contributed by atoms with van der Waals surface area (Å²) in [5.74, 6) is 1.04. The molecular formula is C8H14N2OS. The van der Waals surface area contributed by atoms with Gasteiger partial charge in [-0.05, 0) is 0 Å². The molecule has 1 fully saturated rings. The molecule has 1 saturated heterocycles. The summed E-state index contributed by atoms with van der Waals surface area (Å²) in [5.41, 5.74) is -0.639. The van der Waals surface area contributed by atoms with Crippen molar-refractivity contribution in [1.29, 1.82) is 0 Å². The van der Waals surface area contributed by atoms with E-state index in [9.17, 15) is 5.11 Å². The van der Waals surface area contributed by atoms with E-state index in [2.05, 4.69) is 18.8 Å². The zero-order chi connectivity index (χ0) is 8.77. The summed E-state index contributed by atoms with van der Waals surface area (Å²) in [7, 11) is 0. The van der Waals surface area contributed by atoms with E-state index in [4.69, 9.17) is 0 Å². The second-order valence-electron chi connectivity index (χ2n) is 3.64. The minimum absolute atomic E-state index is 0.274. The van der Waals surface area contributed by atoms with E-state index >= 15 is 0 Å². The van der Waals surface area contributed by atoms with Gasteiger partial charge in [0.15, 0.2) is 10.9 Å². The van der Waals surface area contributed by atoms with Crippen LogP contribution in [0.4, 0.5) is 0 Å². The molecule has 0 bridgehead atoms. The van der Waals surface area contributed by atoms with Gasteiger partial charge >= 0.3 is 0 Å². The van der Waals surface area contributed by atoms with Gasteiger partial charge in [0.2, 0.25) is 0 Å². The first-order valence-corrected chi connectivity index (χ1v) is 5.30. The average Bonchev–Trinajstić information content (AvgIpc) is 2.54. The largest absolute Gasteiger partial charge is 0.370 e. The highest BCUT2D eigenvalue weighted by Crippen LogP contribution is 2.37. The Morgan fingerprint density at radius 2 is 2.42 bits per heavy atom. The molecule has 0 aromatic carbocycles. The van der Waals surface area contributed by atoms with Crippen LogP contribution >= 0.6 is 11.8 Å². The highest BCUT2D eigenvalue weighted by molar-refractivity contribution is 8.14. The first-order chi connectivity index (χ1) is 5.64. The van der Waals surface area contributed by atoms with Crippen molar-refractivity contribution in [2.45, 2.75) is 19.6 Å². The molecule has 2 rings (SSSR count). The number of aliphatic imine (C=N–C) groups is 1. The zero-order valence-electron chi connectivity index (χ0n) is 7.45. The first kappa shape index (κ1) is 8.38.